The van der Waals surface area contributed by atoms with E-state index >= 15 is 0 Å². The summed E-state index contributed by atoms with van der Waals surface area (Å²) in [7, 11) is 1.49. The quantitative estimate of drug-likeness (QED) is 0.715. The molecule has 2 rings (SSSR count). The first kappa shape index (κ1) is 19.9. The maximum Gasteiger partial charge on any atom is 0.347 e. The van der Waals surface area contributed by atoms with Crippen molar-refractivity contribution in [1.29, 1.82) is 0 Å². The molecule has 0 saturated carbocycles. The number of benzene rings is 2. The summed E-state index contributed by atoms with van der Waals surface area (Å²) in [5.74, 6) is -0.411. The molecule has 8 heteroatoms. The highest BCUT2D eigenvalue weighted by atomic mass is 35.5. The number of hydrogen-bond acceptors (Lipinski definition) is 5. The number of methoxy groups -OCH3 is 1. The molecule has 0 heterocycles. The van der Waals surface area contributed by atoms with Crippen molar-refractivity contribution in [3.8, 4) is 11.5 Å². The van der Waals surface area contributed by atoms with E-state index in [0.29, 0.717) is 22.2 Å². The molecular formula is C18H17Cl2NO5. The van der Waals surface area contributed by atoms with Gasteiger partial charge in [-0.1, -0.05) is 35.3 Å². The number of esters is 1. The molecule has 0 bridgehead atoms. The minimum atomic E-state index is -0.951. The van der Waals surface area contributed by atoms with E-state index in [-0.39, 0.29) is 5.02 Å². The monoisotopic (exact) mass is 397 g/mol. The lowest BCUT2D eigenvalue weighted by atomic mass is 10.3. The SMILES string of the molecule is COc1ccccc1NC(=O)COC(=O)[C@@H](C)Oc1ccc(Cl)cc1Cl. The van der Waals surface area contributed by atoms with Crippen LogP contribution in [0.25, 0.3) is 0 Å². The molecule has 0 unspecified atom stereocenters. The van der Waals surface area contributed by atoms with E-state index in [4.69, 9.17) is 37.4 Å². The molecule has 26 heavy (non-hydrogen) atoms. The third-order valence-corrected chi connectivity index (χ3v) is 3.79. The highest BCUT2D eigenvalue weighted by Crippen LogP contribution is 2.28. The molecule has 6 nitrogen and oxygen atoms in total. The number of carbonyl (C=O) groups excluding carboxylic acids is 2. The van der Waals surface area contributed by atoms with Crippen LogP contribution in [0.1, 0.15) is 6.92 Å². The average Bonchev–Trinajstić information content (AvgIpc) is 2.62. The van der Waals surface area contributed by atoms with Crippen LogP contribution in [0.5, 0.6) is 11.5 Å². The van der Waals surface area contributed by atoms with Crippen LogP contribution in [-0.4, -0.2) is 31.7 Å². The van der Waals surface area contributed by atoms with Gasteiger partial charge in [0.2, 0.25) is 0 Å². The van der Waals surface area contributed by atoms with Crippen molar-refractivity contribution in [2.24, 2.45) is 0 Å². The summed E-state index contributed by atoms with van der Waals surface area (Å²) >= 11 is 11.8. The maximum atomic E-state index is 12.0. The number of nitrogens with one attached hydrogen (secondary N) is 1. The summed E-state index contributed by atoms with van der Waals surface area (Å²) < 4.78 is 15.5. The zero-order chi connectivity index (χ0) is 19.1. The Bertz CT molecular complexity index is 797. The third-order valence-electron chi connectivity index (χ3n) is 3.26. The van der Waals surface area contributed by atoms with Crippen LogP contribution in [0.4, 0.5) is 5.69 Å². The predicted octanol–water partition coefficient (Wildman–Crippen LogP) is 3.95. The highest BCUT2D eigenvalue weighted by Gasteiger charge is 2.19. The number of hydrogen-bond donors (Lipinski definition) is 1. The third kappa shape index (κ3) is 5.54. The molecule has 1 amide bonds. The van der Waals surface area contributed by atoms with Gasteiger partial charge in [-0.3, -0.25) is 4.79 Å². The Morgan fingerprint density at radius 3 is 2.54 bits per heavy atom. The topological polar surface area (TPSA) is 73.9 Å². The molecule has 0 fully saturated rings. The summed E-state index contributed by atoms with van der Waals surface area (Å²) in [4.78, 5) is 23.9. The smallest absolute Gasteiger partial charge is 0.347 e. The van der Waals surface area contributed by atoms with Crippen molar-refractivity contribution < 1.29 is 23.8 Å². The fraction of sp³-hybridized carbons (Fsp3) is 0.222. The first-order valence-corrected chi connectivity index (χ1v) is 8.37. The van der Waals surface area contributed by atoms with Crippen LogP contribution in [0.15, 0.2) is 42.5 Å². The van der Waals surface area contributed by atoms with E-state index in [1.54, 1.807) is 36.4 Å². The lowest BCUT2D eigenvalue weighted by Crippen LogP contribution is -2.29. The van der Waals surface area contributed by atoms with Gasteiger partial charge in [0.05, 0.1) is 17.8 Å². The minimum Gasteiger partial charge on any atom is -0.495 e. The van der Waals surface area contributed by atoms with Crippen LogP contribution < -0.4 is 14.8 Å². The number of amides is 1. The summed E-state index contributed by atoms with van der Waals surface area (Å²) in [6.45, 7) is 1.03. The second-order valence-electron chi connectivity index (χ2n) is 5.19. The first-order chi connectivity index (χ1) is 12.4. The Morgan fingerprint density at radius 2 is 1.85 bits per heavy atom. The Kier molecular flexibility index (Phi) is 7.12. The van der Waals surface area contributed by atoms with Crippen molar-refractivity contribution in [3.05, 3.63) is 52.5 Å². The van der Waals surface area contributed by atoms with Gasteiger partial charge in [0, 0.05) is 5.02 Å². The molecule has 0 spiro atoms. The summed E-state index contributed by atoms with van der Waals surface area (Å²) in [6.07, 6.45) is -0.951. The van der Waals surface area contributed by atoms with E-state index in [1.165, 1.54) is 20.1 Å². The standard InChI is InChI=1S/C18H17Cl2NO5/c1-11(26-15-8-7-12(19)9-13(15)20)18(23)25-10-17(22)21-14-5-3-4-6-16(14)24-2/h3-9,11H,10H2,1-2H3,(H,21,22)/t11-/m1/s1. The second-order valence-corrected chi connectivity index (χ2v) is 6.03. The van der Waals surface area contributed by atoms with Gasteiger partial charge in [0.25, 0.3) is 5.91 Å². The maximum absolute atomic E-state index is 12.0. The number of rotatable bonds is 7. The lowest BCUT2D eigenvalue weighted by molar-refractivity contribution is -0.153. The van der Waals surface area contributed by atoms with E-state index in [2.05, 4.69) is 5.32 Å². The van der Waals surface area contributed by atoms with Crippen molar-refractivity contribution in [2.45, 2.75) is 13.0 Å². The van der Waals surface area contributed by atoms with Gasteiger partial charge in [0.1, 0.15) is 11.5 Å². The van der Waals surface area contributed by atoms with Crippen molar-refractivity contribution in [2.75, 3.05) is 19.0 Å². The Balaban J connectivity index is 1.86. The molecule has 1 atom stereocenters. The molecule has 2 aromatic carbocycles. The van der Waals surface area contributed by atoms with E-state index in [9.17, 15) is 9.59 Å². The molecular weight excluding hydrogens is 381 g/mol. The largest absolute Gasteiger partial charge is 0.495 e. The van der Waals surface area contributed by atoms with Gasteiger partial charge in [-0.05, 0) is 37.3 Å². The highest BCUT2D eigenvalue weighted by molar-refractivity contribution is 6.35. The van der Waals surface area contributed by atoms with E-state index in [1.807, 2.05) is 0 Å². The van der Waals surface area contributed by atoms with Crippen molar-refractivity contribution in [1.82, 2.24) is 0 Å². The number of carbonyl (C=O) groups is 2. The molecule has 0 saturated heterocycles. The van der Waals surface area contributed by atoms with Gasteiger partial charge in [-0.25, -0.2) is 4.79 Å². The van der Waals surface area contributed by atoms with E-state index < -0.39 is 24.6 Å². The molecule has 0 aromatic heterocycles. The molecule has 0 aliphatic rings. The van der Waals surface area contributed by atoms with Crippen LogP contribution in [0.2, 0.25) is 10.0 Å². The molecule has 2 aromatic rings. The summed E-state index contributed by atoms with van der Waals surface area (Å²) in [6, 6.07) is 11.5. The second kappa shape index (κ2) is 9.31. The normalized spacial score (nSPS) is 11.4. The van der Waals surface area contributed by atoms with Crippen LogP contribution in [0.3, 0.4) is 0 Å². The summed E-state index contributed by atoms with van der Waals surface area (Å²) in [5, 5.41) is 3.32. The fourth-order valence-corrected chi connectivity index (χ4v) is 2.45. The summed E-state index contributed by atoms with van der Waals surface area (Å²) in [5.41, 5.74) is 0.480. The Labute approximate surface area is 160 Å². The van der Waals surface area contributed by atoms with Gasteiger partial charge in [-0.15, -0.1) is 0 Å². The van der Waals surface area contributed by atoms with E-state index in [0.717, 1.165) is 0 Å². The zero-order valence-corrected chi connectivity index (χ0v) is 15.6. The van der Waals surface area contributed by atoms with Crippen LogP contribution in [-0.2, 0) is 14.3 Å². The Morgan fingerprint density at radius 1 is 1.12 bits per heavy atom. The van der Waals surface area contributed by atoms with Crippen LogP contribution in [0, 0.1) is 0 Å². The van der Waals surface area contributed by atoms with Gasteiger partial charge >= 0.3 is 5.97 Å². The number of halogens is 2. The fourth-order valence-electron chi connectivity index (χ4n) is 2.00. The molecule has 1 N–H and O–H groups in total. The first-order valence-electron chi connectivity index (χ1n) is 7.62. The number of anilines is 1. The van der Waals surface area contributed by atoms with Gasteiger partial charge < -0.3 is 19.5 Å². The zero-order valence-electron chi connectivity index (χ0n) is 14.1. The molecule has 138 valence electrons. The lowest BCUT2D eigenvalue weighted by Gasteiger charge is -2.15. The van der Waals surface area contributed by atoms with Crippen molar-refractivity contribution >= 4 is 40.8 Å². The molecule has 0 aliphatic carbocycles. The molecule has 0 radical (unpaired) electrons. The van der Waals surface area contributed by atoms with Gasteiger partial charge in [-0.2, -0.15) is 0 Å². The number of ether oxygens (including phenoxy) is 3. The van der Waals surface area contributed by atoms with Crippen LogP contribution >= 0.6 is 23.2 Å². The predicted molar refractivity (Wildman–Crippen MR) is 99.1 cm³/mol. The van der Waals surface area contributed by atoms with Crippen molar-refractivity contribution in [3.63, 3.8) is 0 Å². The average molecular weight is 398 g/mol. The number of para-hydroxylation sites is 2. The van der Waals surface area contributed by atoms with Gasteiger partial charge in [0.15, 0.2) is 12.7 Å². The Hall–Kier alpha value is -2.44. The molecule has 0 aliphatic heterocycles. The minimum absolute atomic E-state index is 0.270.